The predicted octanol–water partition coefficient (Wildman–Crippen LogP) is 4.84. The highest BCUT2D eigenvalue weighted by Gasteiger charge is 2.40. The standard InChI is InChI=1S/C19H16ClF7N2O4S/c1-18(2,3)33-11(30)8-29(7-9-6-28-5-4-10(9)19(25,26)27)34(31,32)17-14(22)12(20)13(21)15(23)16(17)24/h4-6H,7-8H2,1-3H3. The van der Waals surface area contributed by atoms with E-state index in [4.69, 9.17) is 16.3 Å². The zero-order valence-electron chi connectivity index (χ0n) is 17.6. The minimum Gasteiger partial charge on any atom is -0.459 e. The molecule has 1 heterocycles. The fourth-order valence-corrected chi connectivity index (χ4v) is 4.42. The maximum absolute atomic E-state index is 14.5. The van der Waals surface area contributed by atoms with Gasteiger partial charge in [-0.05, 0) is 32.4 Å². The van der Waals surface area contributed by atoms with Crippen molar-refractivity contribution in [1.82, 2.24) is 9.29 Å². The first-order chi connectivity index (χ1) is 15.4. The summed E-state index contributed by atoms with van der Waals surface area (Å²) in [6.07, 6.45) is -3.62. The summed E-state index contributed by atoms with van der Waals surface area (Å²) in [5.41, 5.74) is -3.35. The molecule has 1 aromatic heterocycles. The maximum atomic E-state index is 14.5. The van der Waals surface area contributed by atoms with Crippen molar-refractivity contribution in [1.29, 1.82) is 0 Å². The van der Waals surface area contributed by atoms with Crippen molar-refractivity contribution < 1.29 is 48.7 Å². The Labute approximate surface area is 194 Å². The largest absolute Gasteiger partial charge is 0.459 e. The van der Waals surface area contributed by atoms with Gasteiger partial charge >= 0.3 is 12.1 Å². The highest BCUT2D eigenvalue weighted by molar-refractivity contribution is 7.89. The van der Waals surface area contributed by atoms with Crippen LogP contribution in [0.3, 0.4) is 0 Å². The number of hydrogen-bond acceptors (Lipinski definition) is 5. The molecule has 0 bridgehead atoms. The van der Waals surface area contributed by atoms with Gasteiger partial charge in [-0.15, -0.1) is 0 Å². The van der Waals surface area contributed by atoms with Crippen LogP contribution in [0.1, 0.15) is 31.9 Å². The molecule has 0 spiro atoms. The number of nitrogens with zero attached hydrogens (tertiary/aromatic N) is 2. The van der Waals surface area contributed by atoms with Gasteiger partial charge in [0.05, 0.1) is 5.56 Å². The number of sulfonamides is 1. The van der Waals surface area contributed by atoms with E-state index in [1.165, 1.54) is 20.8 Å². The summed E-state index contributed by atoms with van der Waals surface area (Å²) in [7, 11) is -5.64. The number of halogens is 8. The van der Waals surface area contributed by atoms with E-state index in [1.54, 1.807) is 0 Å². The van der Waals surface area contributed by atoms with Crippen molar-refractivity contribution in [2.24, 2.45) is 0 Å². The Hall–Kier alpha value is -2.45. The quantitative estimate of drug-likeness (QED) is 0.228. The number of carbonyl (C=O) groups is 1. The average molecular weight is 537 g/mol. The van der Waals surface area contributed by atoms with E-state index in [0.29, 0.717) is 12.3 Å². The summed E-state index contributed by atoms with van der Waals surface area (Å²) < 4.78 is 127. The van der Waals surface area contributed by atoms with Crippen LogP contribution in [-0.2, 0) is 32.3 Å². The van der Waals surface area contributed by atoms with Crippen LogP contribution >= 0.6 is 11.6 Å². The van der Waals surface area contributed by atoms with Crippen LogP contribution in [-0.4, -0.2) is 35.8 Å². The molecule has 188 valence electrons. The molecule has 0 aliphatic rings. The SMILES string of the molecule is CC(C)(C)OC(=O)CN(Cc1cnccc1C(F)(F)F)S(=O)(=O)c1c(F)c(F)c(F)c(Cl)c1F. The molecule has 0 saturated carbocycles. The summed E-state index contributed by atoms with van der Waals surface area (Å²) >= 11 is 5.22. The van der Waals surface area contributed by atoms with Crippen molar-refractivity contribution in [2.75, 3.05) is 6.54 Å². The number of aromatic nitrogens is 1. The lowest BCUT2D eigenvalue weighted by Crippen LogP contribution is -2.39. The summed E-state index contributed by atoms with van der Waals surface area (Å²) in [6.45, 7) is 1.53. The van der Waals surface area contributed by atoms with Crippen molar-refractivity contribution in [3.63, 3.8) is 0 Å². The second-order valence-electron chi connectivity index (χ2n) is 7.79. The molecular formula is C19H16ClF7N2O4S. The lowest BCUT2D eigenvalue weighted by atomic mass is 10.1. The van der Waals surface area contributed by atoms with Gasteiger partial charge in [0.15, 0.2) is 28.2 Å². The van der Waals surface area contributed by atoms with Gasteiger partial charge in [0.25, 0.3) is 0 Å². The number of benzene rings is 1. The van der Waals surface area contributed by atoms with Crippen LogP contribution in [0, 0.1) is 23.3 Å². The van der Waals surface area contributed by atoms with Crippen LogP contribution in [0.2, 0.25) is 5.02 Å². The number of hydrogen-bond donors (Lipinski definition) is 0. The zero-order chi connectivity index (χ0) is 26.2. The molecule has 0 aliphatic heterocycles. The van der Waals surface area contributed by atoms with E-state index in [0.717, 1.165) is 6.20 Å². The summed E-state index contributed by atoms with van der Waals surface area (Å²) in [4.78, 5) is 13.6. The van der Waals surface area contributed by atoms with Crippen LogP contribution in [0.15, 0.2) is 23.4 Å². The van der Waals surface area contributed by atoms with Gasteiger partial charge in [-0.2, -0.15) is 17.5 Å². The third kappa shape index (κ3) is 5.96. The van der Waals surface area contributed by atoms with Gasteiger partial charge in [0.1, 0.15) is 17.2 Å². The first kappa shape index (κ1) is 27.8. The molecule has 0 saturated heterocycles. The molecular weight excluding hydrogens is 521 g/mol. The lowest BCUT2D eigenvalue weighted by Gasteiger charge is -2.26. The number of pyridine rings is 1. The Kier molecular flexibility index (Phi) is 7.90. The third-order valence-corrected chi connectivity index (χ3v) is 6.19. The van der Waals surface area contributed by atoms with Crippen LogP contribution in [0.4, 0.5) is 30.7 Å². The molecule has 0 atom stereocenters. The molecule has 2 rings (SSSR count). The molecule has 1 aromatic carbocycles. The highest BCUT2D eigenvalue weighted by atomic mass is 35.5. The molecule has 2 aromatic rings. The van der Waals surface area contributed by atoms with Gasteiger partial charge in [-0.25, -0.2) is 26.0 Å². The number of alkyl halides is 3. The average Bonchev–Trinajstić information content (AvgIpc) is 2.68. The maximum Gasteiger partial charge on any atom is 0.416 e. The fraction of sp³-hybridized carbons (Fsp3) is 0.368. The van der Waals surface area contributed by atoms with Crippen molar-refractivity contribution >= 4 is 27.6 Å². The number of rotatable bonds is 6. The zero-order valence-corrected chi connectivity index (χ0v) is 19.2. The van der Waals surface area contributed by atoms with E-state index >= 15 is 0 Å². The monoisotopic (exact) mass is 536 g/mol. The Balaban J connectivity index is 2.70. The van der Waals surface area contributed by atoms with Crippen molar-refractivity contribution in [2.45, 2.75) is 44.0 Å². The molecule has 0 unspecified atom stereocenters. The lowest BCUT2D eigenvalue weighted by molar-refractivity contribution is -0.155. The predicted molar refractivity (Wildman–Crippen MR) is 104 cm³/mol. The normalized spacial score (nSPS) is 12.8. The van der Waals surface area contributed by atoms with Crippen molar-refractivity contribution in [3.8, 4) is 0 Å². The van der Waals surface area contributed by atoms with Crippen LogP contribution in [0.5, 0.6) is 0 Å². The van der Waals surface area contributed by atoms with Gasteiger partial charge in [0.2, 0.25) is 10.0 Å². The van der Waals surface area contributed by atoms with E-state index < -0.39 is 85.2 Å². The molecule has 6 nitrogen and oxygen atoms in total. The fourth-order valence-electron chi connectivity index (χ4n) is 2.70. The second kappa shape index (κ2) is 9.66. The van der Waals surface area contributed by atoms with Gasteiger partial charge < -0.3 is 4.74 Å². The number of carbonyl (C=O) groups excluding carboxylic acids is 1. The molecule has 34 heavy (non-hydrogen) atoms. The van der Waals surface area contributed by atoms with Gasteiger partial charge in [-0.1, -0.05) is 11.6 Å². The minimum absolute atomic E-state index is 0.0947. The highest BCUT2D eigenvalue weighted by Crippen LogP contribution is 2.35. The van der Waals surface area contributed by atoms with Gasteiger partial charge in [0, 0.05) is 18.9 Å². The Bertz CT molecular complexity index is 1190. The third-order valence-electron chi connectivity index (χ3n) is 4.05. The summed E-state index contributed by atoms with van der Waals surface area (Å²) in [6, 6.07) is 0.503. The van der Waals surface area contributed by atoms with E-state index in [2.05, 4.69) is 4.98 Å². The summed E-state index contributed by atoms with van der Waals surface area (Å²) in [5, 5.41) is -1.72. The van der Waals surface area contributed by atoms with E-state index in [1.807, 2.05) is 0 Å². The number of ether oxygens (including phenoxy) is 1. The minimum atomic E-state index is -5.64. The molecule has 15 heteroatoms. The van der Waals surface area contributed by atoms with Crippen molar-refractivity contribution in [3.05, 3.63) is 57.9 Å². The molecule has 0 N–H and O–H groups in total. The van der Waals surface area contributed by atoms with Gasteiger partial charge in [-0.3, -0.25) is 9.78 Å². The molecule has 0 fully saturated rings. The van der Waals surface area contributed by atoms with E-state index in [-0.39, 0.29) is 4.31 Å². The summed E-state index contributed by atoms with van der Waals surface area (Å²) in [5.74, 6) is -10.7. The van der Waals surface area contributed by atoms with Crippen LogP contribution in [0.25, 0.3) is 0 Å². The van der Waals surface area contributed by atoms with Crippen LogP contribution < -0.4 is 0 Å². The molecule has 0 amide bonds. The number of esters is 1. The smallest absolute Gasteiger partial charge is 0.416 e. The molecule has 0 aliphatic carbocycles. The second-order valence-corrected chi connectivity index (χ2v) is 10.0. The Morgan fingerprint density at radius 2 is 1.65 bits per heavy atom. The Morgan fingerprint density at radius 3 is 2.18 bits per heavy atom. The van der Waals surface area contributed by atoms with E-state index in [9.17, 15) is 43.9 Å². The first-order valence-corrected chi connectivity index (χ1v) is 10.9. The first-order valence-electron chi connectivity index (χ1n) is 9.11. The Morgan fingerprint density at radius 1 is 1.06 bits per heavy atom. The topological polar surface area (TPSA) is 76.6 Å². The molecule has 0 radical (unpaired) electrons.